The van der Waals surface area contributed by atoms with Gasteiger partial charge < -0.3 is 24.5 Å². The Labute approximate surface area is 337 Å². The third kappa shape index (κ3) is 9.52. The molecule has 1 saturated carbocycles. The van der Waals surface area contributed by atoms with E-state index in [1.807, 2.05) is 24.3 Å². The third-order valence-electron chi connectivity index (χ3n) is 13.0. The first-order valence-corrected chi connectivity index (χ1v) is 21.3. The summed E-state index contributed by atoms with van der Waals surface area (Å²) in [5.74, 6) is 1.35. The quantitative estimate of drug-likeness (QED) is 0.184. The number of likely N-dealkylation sites (N-methyl/N-ethyl adjacent to an activating group) is 1. The van der Waals surface area contributed by atoms with E-state index in [1.54, 1.807) is 25.2 Å². The van der Waals surface area contributed by atoms with Crippen molar-refractivity contribution in [1.82, 2.24) is 9.80 Å². The summed E-state index contributed by atoms with van der Waals surface area (Å²) in [5, 5.41) is 8.85. The number of ether oxygens (including phenoxy) is 1. The Kier molecular flexibility index (Phi) is 14.0. The maximum atomic E-state index is 10.8. The lowest BCUT2D eigenvalue weighted by Crippen LogP contribution is -2.59. The van der Waals surface area contributed by atoms with E-state index in [9.17, 15) is 4.79 Å². The van der Waals surface area contributed by atoms with Gasteiger partial charge in [-0.25, -0.2) is 0 Å². The van der Waals surface area contributed by atoms with Crippen molar-refractivity contribution in [1.29, 1.82) is 0 Å². The van der Waals surface area contributed by atoms with E-state index in [0.717, 1.165) is 55.6 Å². The molecule has 1 unspecified atom stereocenters. The summed E-state index contributed by atoms with van der Waals surface area (Å²) in [6, 6.07) is 33.2. The van der Waals surface area contributed by atoms with Crippen molar-refractivity contribution in [3.05, 3.63) is 124 Å². The molecular weight excluding hydrogens is 691 g/mol. The highest BCUT2D eigenvalue weighted by molar-refractivity contribution is 5.75. The monoisotopic (exact) mass is 758 g/mol. The van der Waals surface area contributed by atoms with Crippen LogP contribution in [0.4, 0.5) is 11.4 Å². The molecule has 4 aliphatic rings. The van der Waals surface area contributed by atoms with Crippen molar-refractivity contribution in [3.63, 3.8) is 0 Å². The predicted molar refractivity (Wildman–Crippen MR) is 233 cm³/mol. The Morgan fingerprint density at radius 3 is 2.14 bits per heavy atom. The molecule has 0 radical (unpaired) electrons. The number of aliphatic carboxylic acids is 1. The second kappa shape index (κ2) is 18.9. The number of hydrogen-bond acceptors (Lipinski definition) is 5. The number of likely N-dealkylation sites (tertiary alicyclic amines) is 1. The standard InChI is InChI=1S/C19H24N2.C18H25NO.C13H18O2/c1-20(2)14-7-15-21-18-10-5-3-8-16(18)12-13-17-9-4-6-11-19(17)21;1-19-10-9-18-8-4-3-5-15(18)17(19)11-13-6-7-14(20-2)12-16(13)18;1-9(2)8-11-4-6-12(7-5-11)10(3)13(14)15/h3-6,8-11H,7,12-15H2,1-2H3;6-7,12,15,17H,3-5,8-11H2,1-2H3;4-7,9-10H,8H2,1-3H3,(H,14,15)/t;15-,17+,18+;/m.1./s1. The smallest absolute Gasteiger partial charge is 0.310 e. The Morgan fingerprint density at radius 2 is 1.54 bits per heavy atom. The van der Waals surface area contributed by atoms with Gasteiger partial charge in [0.25, 0.3) is 0 Å². The summed E-state index contributed by atoms with van der Waals surface area (Å²) in [7, 11) is 8.41. The van der Waals surface area contributed by atoms with E-state index in [4.69, 9.17) is 9.84 Å². The first-order chi connectivity index (χ1) is 27.0. The van der Waals surface area contributed by atoms with Gasteiger partial charge in [0.05, 0.1) is 13.0 Å². The van der Waals surface area contributed by atoms with Crippen LogP contribution >= 0.6 is 0 Å². The van der Waals surface area contributed by atoms with E-state index in [1.165, 1.54) is 79.6 Å². The van der Waals surface area contributed by atoms with Crippen LogP contribution in [0, 0.1) is 11.8 Å². The van der Waals surface area contributed by atoms with E-state index in [-0.39, 0.29) is 0 Å². The van der Waals surface area contributed by atoms with Crippen LogP contribution in [-0.2, 0) is 35.9 Å². The highest BCUT2D eigenvalue weighted by Gasteiger charge is 2.53. The molecule has 1 N–H and O–H groups in total. The Bertz CT molecular complexity index is 1840. The van der Waals surface area contributed by atoms with Gasteiger partial charge in [-0.1, -0.05) is 93.4 Å². The lowest BCUT2D eigenvalue weighted by Gasteiger charge is -2.58. The van der Waals surface area contributed by atoms with Crippen molar-refractivity contribution in [3.8, 4) is 5.75 Å². The molecule has 2 bridgehead atoms. The number of para-hydroxylation sites is 2. The van der Waals surface area contributed by atoms with Crippen LogP contribution in [0.3, 0.4) is 0 Å². The van der Waals surface area contributed by atoms with Gasteiger partial charge in [-0.15, -0.1) is 0 Å². The molecule has 0 aromatic heterocycles. The van der Waals surface area contributed by atoms with Gasteiger partial charge in [0.15, 0.2) is 0 Å². The summed E-state index contributed by atoms with van der Waals surface area (Å²) in [6.45, 7) is 9.52. The molecule has 8 rings (SSSR count). The molecule has 6 nitrogen and oxygen atoms in total. The fourth-order valence-electron chi connectivity index (χ4n) is 10.0. The van der Waals surface area contributed by atoms with Crippen molar-refractivity contribution < 1.29 is 14.6 Å². The normalized spacial score (nSPS) is 21.5. The van der Waals surface area contributed by atoms with Gasteiger partial charge in [-0.05, 0) is 162 Å². The van der Waals surface area contributed by atoms with Crippen LogP contribution in [0.5, 0.6) is 5.75 Å². The third-order valence-corrected chi connectivity index (χ3v) is 13.0. The minimum absolute atomic E-state index is 0.418. The molecular formula is C50H67N3O3. The molecule has 4 atom stereocenters. The number of piperidine rings is 1. The van der Waals surface area contributed by atoms with E-state index in [0.29, 0.717) is 11.3 Å². The van der Waals surface area contributed by atoms with Crippen LogP contribution in [0.15, 0.2) is 91.0 Å². The first-order valence-electron chi connectivity index (χ1n) is 21.3. The molecule has 300 valence electrons. The lowest BCUT2D eigenvalue weighted by atomic mass is 9.52. The zero-order valence-corrected chi connectivity index (χ0v) is 35.3. The molecule has 2 aliphatic heterocycles. The van der Waals surface area contributed by atoms with Crippen LogP contribution < -0.4 is 9.64 Å². The zero-order valence-electron chi connectivity index (χ0n) is 35.3. The van der Waals surface area contributed by atoms with Crippen LogP contribution in [0.25, 0.3) is 0 Å². The molecule has 4 aromatic carbocycles. The molecule has 2 aliphatic carbocycles. The van der Waals surface area contributed by atoms with E-state index >= 15 is 0 Å². The second-order valence-corrected chi connectivity index (χ2v) is 17.5. The molecule has 0 spiro atoms. The number of methoxy groups -OCH3 is 1. The number of carbonyl (C=O) groups is 1. The number of benzene rings is 4. The first kappa shape index (κ1) is 41.5. The van der Waals surface area contributed by atoms with Crippen molar-refractivity contribution in [2.45, 2.75) is 102 Å². The van der Waals surface area contributed by atoms with Crippen LogP contribution in [-0.4, -0.2) is 74.8 Å². The molecule has 4 aromatic rings. The molecule has 6 heteroatoms. The lowest BCUT2D eigenvalue weighted by molar-refractivity contribution is -0.138. The summed E-state index contributed by atoms with van der Waals surface area (Å²) in [5.41, 5.74) is 11.5. The number of carboxylic acids is 1. The van der Waals surface area contributed by atoms with E-state index < -0.39 is 11.9 Å². The van der Waals surface area contributed by atoms with Crippen molar-refractivity contribution in [2.24, 2.45) is 11.8 Å². The van der Waals surface area contributed by atoms with Crippen LogP contribution in [0.2, 0.25) is 0 Å². The SMILES string of the molecule is CC(C)Cc1ccc(C(C)C(=O)O)cc1.CN(C)CCCN1c2ccccc2CCc2ccccc21.COc1ccc2c(c1)[C@]13CCCC[C@@H]1[C@H](C2)N(C)CC3. The number of nitrogens with zero attached hydrogens (tertiary/aromatic N) is 3. The number of aryl methyl sites for hydroxylation is 2. The van der Waals surface area contributed by atoms with Crippen molar-refractivity contribution in [2.75, 3.05) is 52.8 Å². The van der Waals surface area contributed by atoms with Gasteiger partial charge in [0.2, 0.25) is 0 Å². The number of rotatable bonds is 9. The number of fused-ring (bicyclic) bond motifs is 3. The minimum atomic E-state index is -0.772. The summed E-state index contributed by atoms with van der Waals surface area (Å²) in [4.78, 5) is 18.2. The molecule has 56 heavy (non-hydrogen) atoms. The van der Waals surface area contributed by atoms with Gasteiger partial charge in [0, 0.05) is 29.4 Å². The highest BCUT2D eigenvalue weighted by atomic mass is 16.5. The molecule has 2 heterocycles. The van der Waals surface area contributed by atoms with Gasteiger partial charge >= 0.3 is 5.97 Å². The summed E-state index contributed by atoms with van der Waals surface area (Å²) < 4.78 is 5.51. The highest BCUT2D eigenvalue weighted by Crippen LogP contribution is 2.56. The Morgan fingerprint density at radius 1 is 0.875 bits per heavy atom. The zero-order chi connectivity index (χ0) is 39.8. The predicted octanol–water partition coefficient (Wildman–Crippen LogP) is 10.3. The topological polar surface area (TPSA) is 56.3 Å². The van der Waals surface area contributed by atoms with Gasteiger partial charge in [0.1, 0.15) is 5.75 Å². The van der Waals surface area contributed by atoms with Gasteiger partial charge in [-0.3, -0.25) is 4.79 Å². The van der Waals surface area contributed by atoms with E-state index in [2.05, 4.69) is 116 Å². The average Bonchev–Trinajstić information content (AvgIpc) is 3.36. The number of anilines is 2. The largest absolute Gasteiger partial charge is 0.497 e. The van der Waals surface area contributed by atoms with Gasteiger partial charge in [-0.2, -0.15) is 0 Å². The maximum absolute atomic E-state index is 10.8. The Balaban J connectivity index is 0.000000145. The molecule has 2 fully saturated rings. The second-order valence-electron chi connectivity index (χ2n) is 17.5. The fraction of sp³-hybridized carbons (Fsp3) is 0.500. The minimum Gasteiger partial charge on any atom is -0.497 e. The molecule has 0 amide bonds. The van der Waals surface area contributed by atoms with Crippen LogP contribution in [0.1, 0.15) is 98.6 Å². The number of hydrogen-bond donors (Lipinski definition) is 1. The summed E-state index contributed by atoms with van der Waals surface area (Å²) in [6.07, 6.45) is 12.7. The maximum Gasteiger partial charge on any atom is 0.310 e. The Hall–Kier alpha value is -4.13. The summed E-state index contributed by atoms with van der Waals surface area (Å²) >= 11 is 0. The fourth-order valence-corrected chi connectivity index (χ4v) is 10.0. The average molecular weight is 758 g/mol. The molecule has 1 saturated heterocycles. The number of carboxylic acid groups (broad SMARTS) is 1. The van der Waals surface area contributed by atoms with Crippen molar-refractivity contribution >= 4 is 17.3 Å².